The average Bonchev–Trinajstić information content (AvgIpc) is 1.96. The van der Waals surface area contributed by atoms with Crippen LogP contribution in [0.15, 0.2) is 12.1 Å². The molecule has 1 atom stereocenters. The molecule has 1 rings (SSSR count). The van der Waals surface area contributed by atoms with Gasteiger partial charge in [-0.3, -0.25) is 0 Å². The van der Waals surface area contributed by atoms with Gasteiger partial charge in [0.05, 0.1) is 3.57 Å². The molecule has 3 N–H and O–H groups in total. The molecule has 0 saturated heterocycles. The lowest BCUT2D eigenvalue weighted by atomic mass is 10.1. The third-order valence-electron chi connectivity index (χ3n) is 1.55. The van der Waals surface area contributed by atoms with Crippen LogP contribution < -0.4 is 5.73 Å². The molecule has 0 amide bonds. The predicted octanol–water partition coefficient (Wildman–Crippen LogP) is 2.62. The molecule has 0 aliphatic rings. The highest BCUT2D eigenvalue weighted by Crippen LogP contribution is 2.30. The SMILES string of the molecule is CC(N)c1cc(I)cc(I)c1O. The van der Waals surface area contributed by atoms with Crippen molar-refractivity contribution in [3.05, 3.63) is 24.8 Å². The standard InChI is InChI=1S/C8H9I2NO/c1-4(11)6-2-5(9)3-7(10)8(6)12/h2-4,12H,11H2,1H3. The summed E-state index contributed by atoms with van der Waals surface area (Å²) in [6, 6.07) is 3.71. The summed E-state index contributed by atoms with van der Waals surface area (Å²) in [5, 5.41) is 9.60. The number of halogens is 2. The van der Waals surface area contributed by atoms with Crippen molar-refractivity contribution in [1.29, 1.82) is 0 Å². The monoisotopic (exact) mass is 389 g/mol. The maximum atomic E-state index is 9.60. The number of phenolic OH excluding ortho intramolecular Hbond substituents is 1. The van der Waals surface area contributed by atoms with E-state index in [1.807, 2.05) is 19.1 Å². The lowest BCUT2D eigenvalue weighted by molar-refractivity contribution is 0.459. The number of hydrogen-bond donors (Lipinski definition) is 2. The van der Waals surface area contributed by atoms with Gasteiger partial charge in [0.1, 0.15) is 5.75 Å². The van der Waals surface area contributed by atoms with Crippen molar-refractivity contribution in [3.63, 3.8) is 0 Å². The van der Waals surface area contributed by atoms with Gasteiger partial charge in [-0.1, -0.05) is 0 Å². The highest BCUT2D eigenvalue weighted by Gasteiger charge is 2.09. The quantitative estimate of drug-likeness (QED) is 0.726. The maximum absolute atomic E-state index is 9.60. The predicted molar refractivity (Wildman–Crippen MR) is 66.1 cm³/mol. The van der Waals surface area contributed by atoms with Crippen molar-refractivity contribution in [2.45, 2.75) is 13.0 Å². The van der Waals surface area contributed by atoms with Crippen LogP contribution in [0.4, 0.5) is 0 Å². The molecule has 1 aromatic carbocycles. The summed E-state index contributed by atoms with van der Waals surface area (Å²) in [6.45, 7) is 1.86. The smallest absolute Gasteiger partial charge is 0.133 e. The summed E-state index contributed by atoms with van der Waals surface area (Å²) in [7, 11) is 0. The van der Waals surface area contributed by atoms with Crippen LogP contribution in [0, 0.1) is 7.14 Å². The van der Waals surface area contributed by atoms with Gasteiger partial charge < -0.3 is 10.8 Å². The Labute approximate surface area is 98.8 Å². The normalized spacial score (nSPS) is 13.0. The Morgan fingerprint density at radius 2 is 2.00 bits per heavy atom. The zero-order valence-electron chi connectivity index (χ0n) is 6.51. The van der Waals surface area contributed by atoms with Crippen molar-refractivity contribution < 1.29 is 5.11 Å². The summed E-state index contributed by atoms with van der Waals surface area (Å²) >= 11 is 4.31. The second-order valence-corrected chi connectivity index (χ2v) is 5.02. The van der Waals surface area contributed by atoms with E-state index in [-0.39, 0.29) is 6.04 Å². The van der Waals surface area contributed by atoms with Gasteiger partial charge in [-0.15, -0.1) is 0 Å². The number of hydrogen-bond acceptors (Lipinski definition) is 2. The third kappa shape index (κ3) is 2.23. The lowest BCUT2D eigenvalue weighted by Gasteiger charge is -2.10. The van der Waals surface area contributed by atoms with Crippen LogP contribution in [0.25, 0.3) is 0 Å². The first-order valence-corrected chi connectivity index (χ1v) is 5.61. The molecule has 0 heterocycles. The van der Waals surface area contributed by atoms with Gasteiger partial charge in [0.25, 0.3) is 0 Å². The second-order valence-electron chi connectivity index (χ2n) is 2.61. The Morgan fingerprint density at radius 1 is 1.42 bits per heavy atom. The first kappa shape index (κ1) is 10.5. The molecule has 0 bridgehead atoms. The Kier molecular flexibility index (Phi) is 3.59. The van der Waals surface area contributed by atoms with Crippen LogP contribution >= 0.6 is 45.2 Å². The van der Waals surface area contributed by atoms with Crippen LogP contribution in [0.2, 0.25) is 0 Å². The Bertz CT molecular complexity index is 299. The van der Waals surface area contributed by atoms with E-state index in [9.17, 15) is 5.11 Å². The zero-order chi connectivity index (χ0) is 9.30. The number of benzene rings is 1. The minimum Gasteiger partial charge on any atom is -0.506 e. The topological polar surface area (TPSA) is 46.2 Å². The summed E-state index contributed by atoms with van der Waals surface area (Å²) in [5.74, 6) is 0.311. The fourth-order valence-corrected chi connectivity index (χ4v) is 2.82. The molecule has 0 radical (unpaired) electrons. The van der Waals surface area contributed by atoms with E-state index < -0.39 is 0 Å². The molecule has 0 aliphatic carbocycles. The summed E-state index contributed by atoms with van der Waals surface area (Å²) in [5.41, 5.74) is 6.50. The third-order valence-corrected chi connectivity index (χ3v) is 2.99. The van der Waals surface area contributed by atoms with E-state index in [0.29, 0.717) is 5.75 Å². The average molecular weight is 389 g/mol. The summed E-state index contributed by atoms with van der Waals surface area (Å²) in [6.07, 6.45) is 0. The lowest BCUT2D eigenvalue weighted by Crippen LogP contribution is -2.06. The molecule has 0 fully saturated rings. The van der Waals surface area contributed by atoms with Crippen LogP contribution in [-0.4, -0.2) is 5.11 Å². The Morgan fingerprint density at radius 3 is 2.50 bits per heavy atom. The van der Waals surface area contributed by atoms with Crippen LogP contribution in [0.5, 0.6) is 5.75 Å². The van der Waals surface area contributed by atoms with E-state index in [1.165, 1.54) is 0 Å². The van der Waals surface area contributed by atoms with Crippen molar-refractivity contribution in [1.82, 2.24) is 0 Å². The molecule has 12 heavy (non-hydrogen) atoms. The van der Waals surface area contributed by atoms with E-state index in [1.54, 1.807) is 0 Å². The van der Waals surface area contributed by atoms with Crippen LogP contribution in [0.1, 0.15) is 18.5 Å². The van der Waals surface area contributed by atoms with E-state index >= 15 is 0 Å². The minimum atomic E-state index is -0.117. The molecule has 0 aliphatic heterocycles. The molecular formula is C8H9I2NO. The molecule has 0 aromatic heterocycles. The number of nitrogens with two attached hydrogens (primary N) is 1. The van der Waals surface area contributed by atoms with Crippen LogP contribution in [-0.2, 0) is 0 Å². The largest absolute Gasteiger partial charge is 0.506 e. The molecule has 2 nitrogen and oxygen atoms in total. The zero-order valence-corrected chi connectivity index (χ0v) is 10.8. The van der Waals surface area contributed by atoms with Gasteiger partial charge in [-0.25, -0.2) is 0 Å². The highest BCUT2D eigenvalue weighted by molar-refractivity contribution is 14.1. The number of rotatable bonds is 1. The molecule has 0 spiro atoms. The Balaban J connectivity index is 3.28. The molecule has 4 heteroatoms. The second kappa shape index (κ2) is 4.10. The van der Waals surface area contributed by atoms with Crippen molar-refractivity contribution in [2.75, 3.05) is 0 Å². The molecule has 0 saturated carbocycles. The first-order chi connectivity index (χ1) is 5.52. The van der Waals surface area contributed by atoms with Gasteiger partial charge in [0, 0.05) is 15.2 Å². The van der Waals surface area contributed by atoms with Gasteiger partial charge in [0.2, 0.25) is 0 Å². The molecule has 1 aromatic rings. The van der Waals surface area contributed by atoms with Gasteiger partial charge in [0.15, 0.2) is 0 Å². The first-order valence-electron chi connectivity index (χ1n) is 3.46. The number of aromatic hydroxyl groups is 1. The summed E-state index contributed by atoms with van der Waals surface area (Å²) in [4.78, 5) is 0. The van der Waals surface area contributed by atoms with Crippen molar-refractivity contribution in [2.24, 2.45) is 5.73 Å². The molecular weight excluding hydrogens is 380 g/mol. The molecule has 1 unspecified atom stereocenters. The maximum Gasteiger partial charge on any atom is 0.133 e. The minimum absolute atomic E-state index is 0.117. The van der Waals surface area contributed by atoms with Gasteiger partial charge in [-0.2, -0.15) is 0 Å². The van der Waals surface area contributed by atoms with E-state index in [0.717, 1.165) is 12.7 Å². The van der Waals surface area contributed by atoms with Crippen LogP contribution in [0.3, 0.4) is 0 Å². The fraction of sp³-hybridized carbons (Fsp3) is 0.250. The van der Waals surface area contributed by atoms with E-state index in [4.69, 9.17) is 5.73 Å². The van der Waals surface area contributed by atoms with E-state index in [2.05, 4.69) is 45.2 Å². The fourth-order valence-electron chi connectivity index (χ4n) is 0.933. The van der Waals surface area contributed by atoms with Gasteiger partial charge in [-0.05, 0) is 64.2 Å². The Hall–Kier alpha value is 0.440. The van der Waals surface area contributed by atoms with Crippen molar-refractivity contribution in [3.8, 4) is 5.75 Å². The van der Waals surface area contributed by atoms with Crippen molar-refractivity contribution >= 4 is 45.2 Å². The van der Waals surface area contributed by atoms with Gasteiger partial charge >= 0.3 is 0 Å². The highest BCUT2D eigenvalue weighted by atomic mass is 127. The summed E-state index contributed by atoms with van der Waals surface area (Å²) < 4.78 is 1.95. The number of phenols is 1. The molecule has 66 valence electrons.